The quantitative estimate of drug-likeness (QED) is 0.515. The van der Waals surface area contributed by atoms with Crippen molar-refractivity contribution in [1.82, 2.24) is 15.2 Å². The van der Waals surface area contributed by atoms with Gasteiger partial charge in [-0.2, -0.15) is 0 Å². The van der Waals surface area contributed by atoms with Crippen LogP contribution in [-0.2, 0) is 20.9 Å². The van der Waals surface area contributed by atoms with E-state index in [1.165, 1.54) is 18.4 Å². The number of esters is 1. The molecular weight excluding hydrogens is 408 g/mol. The lowest BCUT2D eigenvalue weighted by atomic mass is 10.1. The Bertz CT molecular complexity index is 973. The minimum absolute atomic E-state index is 0.0181. The highest BCUT2D eigenvalue weighted by Gasteiger charge is 2.39. The summed E-state index contributed by atoms with van der Waals surface area (Å²) < 4.78 is 4.73. The first kappa shape index (κ1) is 21.4. The van der Waals surface area contributed by atoms with Gasteiger partial charge in [0.2, 0.25) is 5.91 Å². The van der Waals surface area contributed by atoms with E-state index in [1.807, 2.05) is 44.2 Å². The lowest BCUT2D eigenvalue weighted by molar-refractivity contribution is -0.130. The number of carbonyl (C=O) groups excluding carboxylic acids is 4. The zero-order chi connectivity index (χ0) is 21.8. The van der Waals surface area contributed by atoms with E-state index in [2.05, 4.69) is 15.6 Å². The molecule has 2 aromatic rings. The van der Waals surface area contributed by atoms with Gasteiger partial charge in [0.05, 0.1) is 20.1 Å². The predicted octanol–water partition coefficient (Wildman–Crippen LogP) is 2.50. The van der Waals surface area contributed by atoms with Crippen LogP contribution in [0.2, 0.25) is 0 Å². The number of rotatable bonds is 7. The summed E-state index contributed by atoms with van der Waals surface area (Å²) in [6.07, 6.45) is -0.236. The summed E-state index contributed by atoms with van der Waals surface area (Å²) in [5.41, 5.74) is 0.970. The molecule has 2 N–H and O–H groups in total. The lowest BCUT2D eigenvalue weighted by Gasteiger charge is -2.12. The first-order valence-corrected chi connectivity index (χ1v) is 10.2. The summed E-state index contributed by atoms with van der Waals surface area (Å²) in [5, 5.41) is 5.38. The molecule has 0 spiro atoms. The Morgan fingerprint density at radius 1 is 1.27 bits per heavy atom. The number of carbonyl (C=O) groups is 4. The number of amides is 4. The largest absolute Gasteiger partial charge is 0.464 e. The number of imide groups is 1. The lowest BCUT2D eigenvalue weighted by Crippen LogP contribution is -2.34. The third kappa shape index (κ3) is 4.65. The van der Waals surface area contributed by atoms with Gasteiger partial charge in [0.15, 0.2) is 10.8 Å². The van der Waals surface area contributed by atoms with Crippen molar-refractivity contribution in [2.24, 2.45) is 0 Å². The summed E-state index contributed by atoms with van der Waals surface area (Å²) in [6, 6.07) is 7.62. The van der Waals surface area contributed by atoms with Crippen molar-refractivity contribution in [3.05, 3.63) is 46.5 Å². The van der Waals surface area contributed by atoms with Gasteiger partial charge in [-0.1, -0.05) is 44.2 Å². The van der Waals surface area contributed by atoms with Crippen molar-refractivity contribution in [1.29, 1.82) is 0 Å². The minimum Gasteiger partial charge on any atom is -0.464 e. The van der Waals surface area contributed by atoms with Crippen LogP contribution in [0, 0.1) is 0 Å². The van der Waals surface area contributed by atoms with Crippen LogP contribution in [0.3, 0.4) is 0 Å². The van der Waals surface area contributed by atoms with Gasteiger partial charge in [0.25, 0.3) is 5.91 Å². The molecule has 10 heteroatoms. The summed E-state index contributed by atoms with van der Waals surface area (Å²) in [7, 11) is 1.26. The molecule has 1 aliphatic rings. The van der Waals surface area contributed by atoms with E-state index in [0.717, 1.165) is 10.5 Å². The fourth-order valence-electron chi connectivity index (χ4n) is 3.01. The Hall–Kier alpha value is -3.27. The average molecular weight is 430 g/mol. The van der Waals surface area contributed by atoms with Crippen molar-refractivity contribution in [2.45, 2.75) is 38.8 Å². The van der Waals surface area contributed by atoms with E-state index in [-0.39, 0.29) is 29.7 Å². The molecule has 1 aromatic heterocycles. The molecule has 2 heterocycles. The average Bonchev–Trinajstić information content (AvgIpc) is 3.25. The van der Waals surface area contributed by atoms with Crippen LogP contribution in [0.4, 0.5) is 9.93 Å². The van der Waals surface area contributed by atoms with Gasteiger partial charge in [0.1, 0.15) is 6.04 Å². The Morgan fingerprint density at radius 2 is 1.97 bits per heavy atom. The number of benzene rings is 1. The fourth-order valence-corrected chi connectivity index (χ4v) is 3.98. The monoisotopic (exact) mass is 430 g/mol. The highest BCUT2D eigenvalue weighted by molar-refractivity contribution is 7.16. The van der Waals surface area contributed by atoms with Crippen molar-refractivity contribution in [2.75, 3.05) is 12.4 Å². The maximum atomic E-state index is 12.6. The van der Waals surface area contributed by atoms with Gasteiger partial charge in [-0.05, 0) is 11.5 Å². The number of thiazole rings is 1. The number of methoxy groups -OCH3 is 1. The molecule has 4 amide bonds. The topological polar surface area (TPSA) is 118 Å². The van der Waals surface area contributed by atoms with Crippen LogP contribution in [-0.4, -0.2) is 46.9 Å². The molecule has 1 atom stereocenters. The molecule has 0 saturated carbocycles. The van der Waals surface area contributed by atoms with Crippen molar-refractivity contribution in [3.8, 4) is 0 Å². The molecule has 0 aliphatic carbocycles. The van der Waals surface area contributed by atoms with Crippen molar-refractivity contribution < 1.29 is 23.9 Å². The van der Waals surface area contributed by atoms with E-state index >= 15 is 0 Å². The Balaban J connectivity index is 1.64. The van der Waals surface area contributed by atoms with Crippen molar-refractivity contribution >= 4 is 40.3 Å². The molecule has 9 nitrogen and oxygen atoms in total. The van der Waals surface area contributed by atoms with Crippen LogP contribution in [0.5, 0.6) is 0 Å². The zero-order valence-corrected chi connectivity index (χ0v) is 17.6. The van der Waals surface area contributed by atoms with Crippen LogP contribution in [0.15, 0.2) is 30.3 Å². The van der Waals surface area contributed by atoms with Crippen molar-refractivity contribution in [3.63, 3.8) is 0 Å². The molecule has 1 aliphatic heterocycles. The minimum atomic E-state index is -0.953. The van der Waals surface area contributed by atoms with Crippen LogP contribution >= 0.6 is 11.3 Å². The van der Waals surface area contributed by atoms with E-state index in [0.29, 0.717) is 4.88 Å². The van der Waals surface area contributed by atoms with Crippen LogP contribution in [0.25, 0.3) is 0 Å². The van der Waals surface area contributed by atoms with Crippen LogP contribution in [0.1, 0.15) is 47.1 Å². The molecule has 30 heavy (non-hydrogen) atoms. The molecule has 1 fully saturated rings. The second kappa shape index (κ2) is 9.04. The van der Waals surface area contributed by atoms with E-state index in [1.54, 1.807) is 0 Å². The summed E-state index contributed by atoms with van der Waals surface area (Å²) in [5.74, 6) is -1.51. The highest BCUT2D eigenvalue weighted by Crippen LogP contribution is 2.30. The summed E-state index contributed by atoms with van der Waals surface area (Å²) in [4.78, 5) is 55.0. The summed E-state index contributed by atoms with van der Waals surface area (Å²) in [6.45, 7) is 3.94. The van der Waals surface area contributed by atoms with Gasteiger partial charge >= 0.3 is 12.0 Å². The van der Waals surface area contributed by atoms with Gasteiger partial charge in [-0.25, -0.2) is 14.6 Å². The second-order valence-corrected chi connectivity index (χ2v) is 8.07. The zero-order valence-electron chi connectivity index (χ0n) is 16.8. The molecule has 158 valence electrons. The molecular formula is C20H22N4O5S. The van der Waals surface area contributed by atoms with E-state index < -0.39 is 29.9 Å². The smallest absolute Gasteiger partial charge is 0.357 e. The maximum absolute atomic E-state index is 12.6. The van der Waals surface area contributed by atoms with Gasteiger partial charge in [-0.3, -0.25) is 14.5 Å². The first-order valence-electron chi connectivity index (χ1n) is 9.34. The predicted molar refractivity (Wildman–Crippen MR) is 110 cm³/mol. The number of hydrogen-bond acceptors (Lipinski definition) is 7. The van der Waals surface area contributed by atoms with Crippen LogP contribution < -0.4 is 10.6 Å². The molecule has 0 bridgehead atoms. The number of nitrogens with zero attached hydrogens (tertiary/aromatic N) is 2. The number of hydrogen-bond donors (Lipinski definition) is 2. The Kier molecular flexibility index (Phi) is 6.46. The van der Waals surface area contributed by atoms with Gasteiger partial charge in [0, 0.05) is 4.88 Å². The number of ether oxygens (including phenoxy) is 1. The first-order chi connectivity index (χ1) is 14.3. The molecule has 3 rings (SSSR count). The number of anilines is 1. The molecule has 1 aromatic carbocycles. The Morgan fingerprint density at radius 3 is 2.60 bits per heavy atom. The highest BCUT2D eigenvalue weighted by atomic mass is 32.1. The molecule has 0 radical (unpaired) electrons. The standard InChI is InChI=1S/C20H22N4O5S/c1-11(2)16-15(18(27)29-3)23-19(30-16)22-14(25)9-13-17(26)24(20(28)21-13)10-12-7-5-4-6-8-12/h4-8,11,13H,9-10H2,1-3H3,(H,21,28)(H,22,23,25)/t13-/m0/s1. The third-order valence-corrected chi connectivity index (χ3v) is 5.75. The maximum Gasteiger partial charge on any atom is 0.357 e. The van der Waals surface area contributed by atoms with E-state index in [4.69, 9.17) is 4.74 Å². The van der Waals surface area contributed by atoms with E-state index in [9.17, 15) is 19.2 Å². The fraction of sp³-hybridized carbons (Fsp3) is 0.350. The molecule has 1 saturated heterocycles. The van der Waals surface area contributed by atoms with Gasteiger partial charge in [-0.15, -0.1) is 11.3 Å². The normalized spacial score (nSPS) is 16.0. The Labute approximate surface area is 177 Å². The SMILES string of the molecule is COC(=O)c1nc(NC(=O)C[C@@H]2NC(=O)N(Cc3ccccc3)C2=O)sc1C(C)C. The number of urea groups is 1. The third-order valence-electron chi connectivity index (χ3n) is 4.48. The molecule has 0 unspecified atom stereocenters. The van der Waals surface area contributed by atoms with Gasteiger partial charge < -0.3 is 15.4 Å². The summed E-state index contributed by atoms with van der Waals surface area (Å²) >= 11 is 1.17. The second-order valence-electron chi connectivity index (χ2n) is 7.04. The number of aromatic nitrogens is 1. The number of nitrogens with one attached hydrogen (secondary N) is 2.